The fourth-order valence-electron chi connectivity index (χ4n) is 2.46. The van der Waals surface area contributed by atoms with Crippen molar-refractivity contribution in [2.75, 3.05) is 6.54 Å². The Labute approximate surface area is 113 Å². The minimum absolute atomic E-state index is 0.444. The summed E-state index contributed by atoms with van der Waals surface area (Å²) in [6.07, 6.45) is 0. The molecule has 1 unspecified atom stereocenters. The van der Waals surface area contributed by atoms with E-state index < -0.39 is 0 Å². The van der Waals surface area contributed by atoms with Crippen LogP contribution in [0.15, 0.2) is 23.2 Å². The molecule has 3 rings (SSSR count). The van der Waals surface area contributed by atoms with Crippen molar-refractivity contribution in [3.05, 3.63) is 35.0 Å². The van der Waals surface area contributed by atoms with Crippen molar-refractivity contribution in [1.29, 1.82) is 0 Å². The van der Waals surface area contributed by atoms with Crippen LogP contribution >= 0.6 is 0 Å². The Morgan fingerprint density at radius 2 is 2.21 bits per heavy atom. The van der Waals surface area contributed by atoms with Crippen molar-refractivity contribution in [3.8, 4) is 0 Å². The molecule has 0 bridgehead atoms. The van der Waals surface area contributed by atoms with Crippen LogP contribution in [0.2, 0.25) is 0 Å². The molecular weight excluding hydrogens is 236 g/mol. The molecule has 0 saturated carbocycles. The zero-order chi connectivity index (χ0) is 13.4. The molecule has 0 spiro atoms. The second kappa shape index (κ2) is 4.61. The molecule has 1 aliphatic heterocycles. The number of guanidine groups is 1. The van der Waals surface area contributed by atoms with E-state index in [4.69, 9.17) is 0 Å². The van der Waals surface area contributed by atoms with Crippen molar-refractivity contribution >= 4 is 16.9 Å². The van der Waals surface area contributed by atoms with Crippen LogP contribution in [-0.2, 0) is 6.54 Å². The number of benzene rings is 1. The first-order valence-corrected chi connectivity index (χ1v) is 6.76. The van der Waals surface area contributed by atoms with E-state index in [2.05, 4.69) is 59.6 Å². The van der Waals surface area contributed by atoms with Crippen LogP contribution < -0.4 is 10.6 Å². The molecule has 19 heavy (non-hydrogen) atoms. The van der Waals surface area contributed by atoms with Gasteiger partial charge in [-0.15, -0.1) is 0 Å². The molecule has 4 nitrogen and oxygen atoms in total. The van der Waals surface area contributed by atoms with Gasteiger partial charge in [0.05, 0.1) is 6.54 Å². The predicted molar refractivity (Wildman–Crippen MR) is 79.5 cm³/mol. The highest BCUT2D eigenvalue weighted by molar-refractivity contribution is 5.85. The molecule has 3 N–H and O–H groups in total. The average molecular weight is 256 g/mol. The van der Waals surface area contributed by atoms with Gasteiger partial charge in [-0.2, -0.15) is 0 Å². The van der Waals surface area contributed by atoms with E-state index in [1.807, 2.05) is 0 Å². The molecule has 2 aromatic rings. The molecule has 0 saturated heterocycles. The van der Waals surface area contributed by atoms with Crippen LogP contribution in [0.25, 0.3) is 10.9 Å². The lowest BCUT2D eigenvalue weighted by atomic mass is 10.1. The summed E-state index contributed by atoms with van der Waals surface area (Å²) in [7, 11) is 0. The lowest BCUT2D eigenvalue weighted by molar-refractivity contribution is 0.713. The Morgan fingerprint density at radius 1 is 1.37 bits per heavy atom. The van der Waals surface area contributed by atoms with Gasteiger partial charge in [-0.1, -0.05) is 6.07 Å². The van der Waals surface area contributed by atoms with Gasteiger partial charge >= 0.3 is 0 Å². The second-order valence-electron chi connectivity index (χ2n) is 5.34. The van der Waals surface area contributed by atoms with E-state index in [0.717, 1.165) is 19.0 Å². The van der Waals surface area contributed by atoms with E-state index in [1.54, 1.807) is 0 Å². The fraction of sp³-hybridized carbons (Fsp3) is 0.400. The SMILES string of the molecule is Cc1[nH]c2ccc(CNC3=NCC(C)N3)cc2c1C. The van der Waals surface area contributed by atoms with Gasteiger partial charge in [-0.3, -0.25) is 4.99 Å². The largest absolute Gasteiger partial charge is 0.358 e. The fourth-order valence-corrected chi connectivity index (χ4v) is 2.46. The first-order valence-electron chi connectivity index (χ1n) is 6.76. The maximum absolute atomic E-state index is 4.40. The Morgan fingerprint density at radius 3 is 2.95 bits per heavy atom. The smallest absolute Gasteiger partial charge is 0.191 e. The van der Waals surface area contributed by atoms with Crippen molar-refractivity contribution < 1.29 is 0 Å². The summed E-state index contributed by atoms with van der Waals surface area (Å²) in [4.78, 5) is 7.80. The first-order chi connectivity index (χ1) is 9.13. The Bertz CT molecular complexity index is 639. The number of rotatable bonds is 2. The summed E-state index contributed by atoms with van der Waals surface area (Å²) in [6, 6.07) is 7.00. The minimum Gasteiger partial charge on any atom is -0.358 e. The molecule has 1 atom stereocenters. The topological polar surface area (TPSA) is 52.2 Å². The van der Waals surface area contributed by atoms with Crippen LogP contribution in [0.4, 0.5) is 0 Å². The summed E-state index contributed by atoms with van der Waals surface area (Å²) < 4.78 is 0. The number of aliphatic imine (C=N–C) groups is 1. The molecule has 1 aliphatic rings. The van der Waals surface area contributed by atoms with E-state index >= 15 is 0 Å². The zero-order valence-electron chi connectivity index (χ0n) is 11.7. The minimum atomic E-state index is 0.444. The van der Waals surface area contributed by atoms with Gasteiger partial charge in [-0.25, -0.2) is 0 Å². The van der Waals surface area contributed by atoms with Gasteiger partial charge in [0.25, 0.3) is 0 Å². The first kappa shape index (κ1) is 12.1. The number of hydrogen-bond donors (Lipinski definition) is 3. The number of nitrogens with one attached hydrogen (secondary N) is 3. The molecule has 4 heteroatoms. The third-order valence-electron chi connectivity index (χ3n) is 3.74. The maximum Gasteiger partial charge on any atom is 0.191 e. The number of fused-ring (bicyclic) bond motifs is 1. The number of nitrogens with zero attached hydrogens (tertiary/aromatic N) is 1. The molecule has 0 radical (unpaired) electrons. The van der Waals surface area contributed by atoms with Gasteiger partial charge < -0.3 is 15.6 Å². The number of aromatic nitrogens is 1. The quantitative estimate of drug-likeness (QED) is 0.771. The van der Waals surface area contributed by atoms with E-state index in [9.17, 15) is 0 Å². The number of H-pyrrole nitrogens is 1. The number of hydrogen-bond acceptors (Lipinski definition) is 3. The Kier molecular flexibility index (Phi) is 2.93. The van der Waals surface area contributed by atoms with Gasteiger partial charge in [0.1, 0.15) is 0 Å². The van der Waals surface area contributed by atoms with Crippen molar-refractivity contribution in [2.24, 2.45) is 4.99 Å². The van der Waals surface area contributed by atoms with Crippen LogP contribution in [0.1, 0.15) is 23.7 Å². The third-order valence-corrected chi connectivity index (χ3v) is 3.74. The van der Waals surface area contributed by atoms with Crippen LogP contribution in [0.3, 0.4) is 0 Å². The molecule has 1 aromatic carbocycles. The van der Waals surface area contributed by atoms with E-state index in [-0.39, 0.29) is 0 Å². The summed E-state index contributed by atoms with van der Waals surface area (Å²) in [5, 5.41) is 7.97. The molecule has 1 aromatic heterocycles. The predicted octanol–water partition coefficient (Wildman–Crippen LogP) is 2.22. The van der Waals surface area contributed by atoms with Crippen LogP contribution in [-0.4, -0.2) is 23.5 Å². The van der Waals surface area contributed by atoms with Gasteiger partial charge in [-0.05, 0) is 44.0 Å². The van der Waals surface area contributed by atoms with Gasteiger partial charge in [0.15, 0.2) is 5.96 Å². The third kappa shape index (κ3) is 2.30. The van der Waals surface area contributed by atoms with Crippen molar-refractivity contribution in [2.45, 2.75) is 33.4 Å². The molecular formula is C15H20N4. The van der Waals surface area contributed by atoms with Crippen LogP contribution in [0.5, 0.6) is 0 Å². The standard InChI is InChI=1S/C15H20N4/c1-9-7-16-15(18-9)17-8-12-4-5-14-13(6-12)10(2)11(3)19-14/h4-6,9,19H,7-8H2,1-3H3,(H2,16,17,18). The lowest BCUT2D eigenvalue weighted by Gasteiger charge is -2.09. The normalized spacial score (nSPS) is 18.5. The van der Waals surface area contributed by atoms with E-state index in [1.165, 1.54) is 27.7 Å². The summed E-state index contributed by atoms with van der Waals surface area (Å²) in [6.45, 7) is 8.08. The second-order valence-corrected chi connectivity index (χ2v) is 5.34. The summed E-state index contributed by atoms with van der Waals surface area (Å²) in [5.74, 6) is 0.912. The Hall–Kier alpha value is -1.97. The van der Waals surface area contributed by atoms with Crippen molar-refractivity contribution in [1.82, 2.24) is 15.6 Å². The van der Waals surface area contributed by atoms with Gasteiger partial charge in [0, 0.05) is 29.2 Å². The van der Waals surface area contributed by atoms with E-state index in [0.29, 0.717) is 6.04 Å². The Balaban J connectivity index is 1.76. The lowest BCUT2D eigenvalue weighted by Crippen LogP contribution is -2.37. The van der Waals surface area contributed by atoms with Crippen LogP contribution in [0, 0.1) is 13.8 Å². The average Bonchev–Trinajstić information content (AvgIpc) is 2.93. The van der Waals surface area contributed by atoms with Gasteiger partial charge in [0.2, 0.25) is 0 Å². The molecule has 100 valence electrons. The highest BCUT2D eigenvalue weighted by Gasteiger charge is 2.11. The highest BCUT2D eigenvalue weighted by atomic mass is 15.2. The summed E-state index contributed by atoms with van der Waals surface area (Å²) in [5.41, 5.74) is 5.07. The number of aryl methyl sites for hydroxylation is 2. The molecule has 2 heterocycles. The van der Waals surface area contributed by atoms with Crippen molar-refractivity contribution in [3.63, 3.8) is 0 Å². The summed E-state index contributed by atoms with van der Waals surface area (Å²) >= 11 is 0. The maximum atomic E-state index is 4.40. The highest BCUT2D eigenvalue weighted by Crippen LogP contribution is 2.22. The molecule has 0 aliphatic carbocycles. The monoisotopic (exact) mass is 256 g/mol. The zero-order valence-corrected chi connectivity index (χ0v) is 11.7. The molecule has 0 fully saturated rings. The number of aromatic amines is 1. The molecule has 0 amide bonds.